The maximum atomic E-state index is 11.7. The number of hydrogen-bond acceptors (Lipinski definition) is 5. The Morgan fingerprint density at radius 1 is 1.29 bits per heavy atom. The molecule has 2 N–H and O–H groups in total. The molecule has 1 rings (SSSR count). The van der Waals surface area contributed by atoms with Crippen LogP contribution in [0.15, 0.2) is 24.3 Å². The quantitative estimate of drug-likeness (QED) is 0.563. The van der Waals surface area contributed by atoms with Crippen molar-refractivity contribution in [2.45, 2.75) is 12.8 Å². The SMILES string of the molecule is CNCCCC(=O)Nc1cccc(OCC(=O)OC)c1.Cl. The van der Waals surface area contributed by atoms with Crippen molar-refractivity contribution in [3.05, 3.63) is 24.3 Å². The molecule has 21 heavy (non-hydrogen) atoms. The van der Waals surface area contributed by atoms with Gasteiger partial charge in [0.15, 0.2) is 6.61 Å². The molecule has 0 aliphatic carbocycles. The molecule has 0 saturated heterocycles. The molecular weight excluding hydrogens is 296 g/mol. The van der Waals surface area contributed by atoms with Gasteiger partial charge in [-0.05, 0) is 32.1 Å². The van der Waals surface area contributed by atoms with Crippen molar-refractivity contribution >= 4 is 30.0 Å². The smallest absolute Gasteiger partial charge is 0.343 e. The average molecular weight is 317 g/mol. The fourth-order valence-electron chi connectivity index (χ4n) is 1.51. The third-order valence-electron chi connectivity index (χ3n) is 2.53. The van der Waals surface area contributed by atoms with Crippen LogP contribution in [0.1, 0.15) is 12.8 Å². The molecule has 1 amide bonds. The first-order chi connectivity index (χ1) is 9.65. The van der Waals surface area contributed by atoms with E-state index < -0.39 is 5.97 Å². The molecule has 0 saturated carbocycles. The minimum absolute atomic E-state index is 0. The van der Waals surface area contributed by atoms with Gasteiger partial charge < -0.3 is 20.1 Å². The van der Waals surface area contributed by atoms with Crippen LogP contribution in [0.2, 0.25) is 0 Å². The zero-order chi connectivity index (χ0) is 14.8. The first-order valence-corrected chi connectivity index (χ1v) is 6.40. The van der Waals surface area contributed by atoms with E-state index in [1.54, 1.807) is 24.3 Å². The Morgan fingerprint density at radius 2 is 2.05 bits per heavy atom. The van der Waals surface area contributed by atoms with Crippen molar-refractivity contribution in [2.75, 3.05) is 32.6 Å². The molecule has 7 heteroatoms. The number of carbonyl (C=O) groups excluding carboxylic acids is 2. The zero-order valence-corrected chi connectivity index (χ0v) is 13.0. The summed E-state index contributed by atoms with van der Waals surface area (Å²) >= 11 is 0. The van der Waals surface area contributed by atoms with E-state index in [1.807, 2.05) is 7.05 Å². The number of halogens is 1. The molecular formula is C14H21ClN2O4. The summed E-state index contributed by atoms with van der Waals surface area (Å²) in [5, 5.41) is 5.77. The van der Waals surface area contributed by atoms with Gasteiger partial charge in [0, 0.05) is 18.2 Å². The van der Waals surface area contributed by atoms with Crippen LogP contribution in [0.3, 0.4) is 0 Å². The lowest BCUT2D eigenvalue weighted by molar-refractivity contribution is -0.142. The second-order valence-corrected chi connectivity index (χ2v) is 4.15. The maximum absolute atomic E-state index is 11.7. The summed E-state index contributed by atoms with van der Waals surface area (Å²) in [7, 11) is 3.15. The highest BCUT2D eigenvalue weighted by atomic mass is 35.5. The zero-order valence-electron chi connectivity index (χ0n) is 12.2. The number of ether oxygens (including phenoxy) is 2. The van der Waals surface area contributed by atoms with Gasteiger partial charge in [-0.3, -0.25) is 4.79 Å². The number of benzene rings is 1. The molecule has 0 heterocycles. The van der Waals surface area contributed by atoms with Crippen LogP contribution >= 0.6 is 12.4 Å². The predicted octanol–water partition coefficient (Wildman–Crippen LogP) is 1.60. The summed E-state index contributed by atoms with van der Waals surface area (Å²) in [4.78, 5) is 22.6. The van der Waals surface area contributed by atoms with E-state index in [-0.39, 0.29) is 24.9 Å². The molecule has 0 bridgehead atoms. The summed E-state index contributed by atoms with van der Waals surface area (Å²) in [6, 6.07) is 6.88. The van der Waals surface area contributed by atoms with E-state index in [4.69, 9.17) is 4.74 Å². The Labute approximate surface area is 130 Å². The number of carbonyl (C=O) groups is 2. The maximum Gasteiger partial charge on any atom is 0.343 e. The van der Waals surface area contributed by atoms with E-state index in [0.29, 0.717) is 17.9 Å². The Morgan fingerprint density at radius 3 is 2.71 bits per heavy atom. The van der Waals surface area contributed by atoms with E-state index in [1.165, 1.54) is 7.11 Å². The van der Waals surface area contributed by atoms with Crippen molar-refractivity contribution in [1.29, 1.82) is 0 Å². The molecule has 0 unspecified atom stereocenters. The van der Waals surface area contributed by atoms with Crippen molar-refractivity contribution in [3.8, 4) is 5.75 Å². The molecule has 6 nitrogen and oxygen atoms in total. The van der Waals surface area contributed by atoms with E-state index >= 15 is 0 Å². The molecule has 0 aliphatic rings. The Balaban J connectivity index is 0.00000400. The molecule has 0 fully saturated rings. The van der Waals surface area contributed by atoms with Crippen LogP contribution in [0.25, 0.3) is 0 Å². The summed E-state index contributed by atoms with van der Waals surface area (Å²) in [6.45, 7) is 0.645. The largest absolute Gasteiger partial charge is 0.482 e. The monoisotopic (exact) mass is 316 g/mol. The van der Waals surface area contributed by atoms with Gasteiger partial charge in [-0.25, -0.2) is 4.79 Å². The van der Waals surface area contributed by atoms with Gasteiger partial charge in [-0.15, -0.1) is 12.4 Å². The Kier molecular flexibility index (Phi) is 10.0. The minimum atomic E-state index is -0.452. The summed E-state index contributed by atoms with van der Waals surface area (Å²) in [5.41, 5.74) is 0.641. The van der Waals surface area contributed by atoms with E-state index in [0.717, 1.165) is 13.0 Å². The molecule has 0 aliphatic heterocycles. The molecule has 0 aromatic heterocycles. The number of esters is 1. The first-order valence-electron chi connectivity index (χ1n) is 6.40. The van der Waals surface area contributed by atoms with Crippen LogP contribution < -0.4 is 15.4 Å². The normalized spacial score (nSPS) is 9.43. The lowest BCUT2D eigenvalue weighted by atomic mass is 10.2. The predicted molar refractivity (Wildman–Crippen MR) is 83.0 cm³/mol. The molecule has 0 spiro atoms. The van der Waals surface area contributed by atoms with Gasteiger partial charge in [0.25, 0.3) is 0 Å². The van der Waals surface area contributed by atoms with Gasteiger partial charge in [-0.2, -0.15) is 0 Å². The number of amides is 1. The fourth-order valence-corrected chi connectivity index (χ4v) is 1.51. The van der Waals surface area contributed by atoms with Crippen LogP contribution in [0.4, 0.5) is 5.69 Å². The van der Waals surface area contributed by atoms with E-state index in [2.05, 4.69) is 15.4 Å². The first kappa shape index (κ1) is 19.2. The number of hydrogen-bond donors (Lipinski definition) is 2. The molecule has 0 atom stereocenters. The average Bonchev–Trinajstić information content (AvgIpc) is 2.45. The van der Waals surface area contributed by atoms with Crippen LogP contribution in [-0.2, 0) is 14.3 Å². The minimum Gasteiger partial charge on any atom is -0.482 e. The molecule has 118 valence electrons. The summed E-state index contributed by atoms with van der Waals surface area (Å²) < 4.78 is 9.73. The second-order valence-electron chi connectivity index (χ2n) is 4.15. The third-order valence-corrected chi connectivity index (χ3v) is 2.53. The third kappa shape index (κ3) is 8.16. The molecule has 1 aromatic carbocycles. The second kappa shape index (κ2) is 10.9. The van der Waals surface area contributed by atoms with Crippen molar-refractivity contribution in [2.24, 2.45) is 0 Å². The summed E-state index contributed by atoms with van der Waals surface area (Å²) in [5.74, 6) is 0.000275. The van der Waals surface area contributed by atoms with Gasteiger partial charge >= 0.3 is 5.97 Å². The number of rotatable bonds is 8. The van der Waals surface area contributed by atoms with Crippen LogP contribution in [0, 0.1) is 0 Å². The Bertz CT molecular complexity index is 454. The Hall–Kier alpha value is -1.79. The number of nitrogens with one attached hydrogen (secondary N) is 2. The fraction of sp³-hybridized carbons (Fsp3) is 0.429. The van der Waals surface area contributed by atoms with Crippen LogP contribution in [-0.4, -0.2) is 39.2 Å². The molecule has 0 radical (unpaired) electrons. The topological polar surface area (TPSA) is 76.7 Å². The highest BCUT2D eigenvalue weighted by Gasteiger charge is 2.05. The van der Waals surface area contributed by atoms with Crippen molar-refractivity contribution < 1.29 is 19.1 Å². The highest BCUT2D eigenvalue weighted by molar-refractivity contribution is 5.90. The van der Waals surface area contributed by atoms with Crippen molar-refractivity contribution in [1.82, 2.24) is 5.32 Å². The lowest BCUT2D eigenvalue weighted by Gasteiger charge is -2.08. The van der Waals surface area contributed by atoms with Gasteiger partial charge in [0.1, 0.15) is 5.75 Å². The lowest BCUT2D eigenvalue weighted by Crippen LogP contribution is -2.15. The molecule has 1 aromatic rings. The number of methoxy groups -OCH3 is 1. The van der Waals surface area contributed by atoms with Crippen molar-refractivity contribution in [3.63, 3.8) is 0 Å². The number of anilines is 1. The standard InChI is InChI=1S/C14H20N2O4.ClH/c1-15-8-4-7-13(17)16-11-5-3-6-12(9-11)20-10-14(18)19-2;/h3,5-6,9,15H,4,7-8,10H2,1-2H3,(H,16,17);1H. The van der Waals surface area contributed by atoms with Gasteiger partial charge in [0.05, 0.1) is 7.11 Å². The summed E-state index contributed by atoms with van der Waals surface area (Å²) in [6.07, 6.45) is 1.23. The van der Waals surface area contributed by atoms with Gasteiger partial charge in [-0.1, -0.05) is 6.07 Å². The van der Waals surface area contributed by atoms with Crippen LogP contribution in [0.5, 0.6) is 5.75 Å². The van der Waals surface area contributed by atoms with E-state index in [9.17, 15) is 9.59 Å². The van der Waals surface area contributed by atoms with Gasteiger partial charge in [0.2, 0.25) is 5.91 Å². The highest BCUT2D eigenvalue weighted by Crippen LogP contribution is 2.17.